The number of rotatable bonds is 2. The Morgan fingerprint density at radius 3 is 2.28 bits per heavy atom. The zero-order valence-corrected chi connectivity index (χ0v) is 12.6. The molecular weight excluding hydrogens is 290 g/mol. The first-order valence-electron chi connectivity index (χ1n) is 5.87. The molecule has 2 rings (SSSR count). The van der Waals surface area contributed by atoms with Crippen molar-refractivity contribution in [2.75, 3.05) is 0 Å². The lowest BCUT2D eigenvalue weighted by molar-refractivity contribution is 0.112. The van der Waals surface area contributed by atoms with Crippen LogP contribution >= 0.6 is 15.9 Å². The van der Waals surface area contributed by atoms with Crippen LogP contribution in [0.15, 0.2) is 22.7 Å². The zero-order valence-electron chi connectivity index (χ0n) is 11.0. The molecule has 0 saturated heterocycles. The summed E-state index contributed by atoms with van der Waals surface area (Å²) in [6.07, 6.45) is 0.913. The van der Waals surface area contributed by atoms with Gasteiger partial charge in [0.2, 0.25) is 0 Å². The van der Waals surface area contributed by atoms with Gasteiger partial charge in [0.15, 0.2) is 6.29 Å². The molecule has 3 heteroatoms. The number of carbonyl (C=O) groups excluding carboxylic acids is 1. The van der Waals surface area contributed by atoms with Gasteiger partial charge in [-0.05, 0) is 66.9 Å². The van der Waals surface area contributed by atoms with E-state index >= 15 is 0 Å². The number of carbonyl (C=O) groups is 1. The number of hydrogen-bond donors (Lipinski definition) is 0. The molecule has 0 fully saturated rings. The van der Waals surface area contributed by atoms with Gasteiger partial charge in [-0.2, -0.15) is 0 Å². The number of aromatic nitrogens is 1. The summed E-state index contributed by atoms with van der Waals surface area (Å²) in [4.78, 5) is 11.0. The Bertz CT molecular complexity index is 603. The Hall–Kier alpha value is -1.35. The van der Waals surface area contributed by atoms with Crippen LogP contribution in [0.1, 0.15) is 32.9 Å². The van der Waals surface area contributed by atoms with E-state index in [9.17, 15) is 4.79 Å². The normalized spacial score (nSPS) is 10.7. The first-order valence-corrected chi connectivity index (χ1v) is 6.66. The second kappa shape index (κ2) is 4.73. The molecule has 0 saturated carbocycles. The van der Waals surface area contributed by atoms with Crippen LogP contribution < -0.4 is 0 Å². The van der Waals surface area contributed by atoms with Gasteiger partial charge in [0.1, 0.15) is 0 Å². The molecule has 0 unspecified atom stereocenters. The van der Waals surface area contributed by atoms with Crippen molar-refractivity contribution < 1.29 is 4.79 Å². The topological polar surface area (TPSA) is 22.0 Å². The molecule has 18 heavy (non-hydrogen) atoms. The Balaban J connectivity index is 2.77. The molecule has 0 N–H and O–H groups in total. The molecule has 2 aromatic rings. The maximum absolute atomic E-state index is 11.0. The minimum Gasteiger partial charge on any atom is -0.316 e. The van der Waals surface area contributed by atoms with Gasteiger partial charge in [0.25, 0.3) is 0 Å². The number of benzene rings is 1. The van der Waals surface area contributed by atoms with Crippen LogP contribution in [0.3, 0.4) is 0 Å². The molecule has 0 bridgehead atoms. The monoisotopic (exact) mass is 305 g/mol. The van der Waals surface area contributed by atoms with Crippen LogP contribution in [0.25, 0.3) is 5.69 Å². The summed E-state index contributed by atoms with van der Waals surface area (Å²) in [5, 5.41) is 0. The summed E-state index contributed by atoms with van der Waals surface area (Å²) in [6, 6.07) is 6.18. The molecule has 1 aromatic carbocycles. The van der Waals surface area contributed by atoms with Gasteiger partial charge < -0.3 is 4.57 Å². The van der Waals surface area contributed by atoms with E-state index < -0.39 is 0 Å². The van der Waals surface area contributed by atoms with Crippen molar-refractivity contribution in [3.63, 3.8) is 0 Å². The lowest BCUT2D eigenvalue weighted by Crippen LogP contribution is -2.03. The third kappa shape index (κ3) is 2.03. The summed E-state index contributed by atoms with van der Waals surface area (Å²) < 4.78 is 3.18. The van der Waals surface area contributed by atoms with E-state index in [1.807, 2.05) is 19.9 Å². The summed E-state index contributed by atoms with van der Waals surface area (Å²) in [7, 11) is 0. The van der Waals surface area contributed by atoms with E-state index in [2.05, 4.69) is 46.5 Å². The van der Waals surface area contributed by atoms with Crippen LogP contribution in [0.4, 0.5) is 0 Å². The maximum Gasteiger partial charge on any atom is 0.151 e. The largest absolute Gasteiger partial charge is 0.316 e. The first kappa shape index (κ1) is 13.1. The highest BCUT2D eigenvalue weighted by Gasteiger charge is 2.14. The minimum absolute atomic E-state index is 0.749. The lowest BCUT2D eigenvalue weighted by atomic mass is 10.1. The predicted molar refractivity (Wildman–Crippen MR) is 77.8 cm³/mol. The SMILES string of the molecule is Cc1cc(C)c(-n2c(C)cc(C=O)c2C)c(Br)c1. The second-order valence-corrected chi connectivity index (χ2v) is 5.55. The molecule has 1 aromatic heterocycles. The number of aryl methyl sites for hydroxylation is 3. The third-order valence-corrected chi connectivity index (χ3v) is 3.82. The fourth-order valence-corrected chi connectivity index (χ4v) is 3.29. The second-order valence-electron chi connectivity index (χ2n) is 4.69. The zero-order chi connectivity index (χ0) is 13.4. The average molecular weight is 306 g/mol. The van der Waals surface area contributed by atoms with Crippen molar-refractivity contribution in [2.45, 2.75) is 27.7 Å². The number of halogens is 1. The minimum atomic E-state index is 0.749. The highest BCUT2D eigenvalue weighted by atomic mass is 79.9. The van der Waals surface area contributed by atoms with Gasteiger partial charge in [-0.25, -0.2) is 0 Å². The standard InChI is InChI=1S/C15H16BrNO/c1-9-5-10(2)15(14(16)6-9)17-11(3)7-13(8-18)12(17)4/h5-8H,1-4H3. The molecule has 2 nitrogen and oxygen atoms in total. The summed E-state index contributed by atoms with van der Waals surface area (Å²) in [5.41, 5.74) is 6.34. The fraction of sp³-hybridized carbons (Fsp3) is 0.267. The molecule has 0 aliphatic rings. The van der Waals surface area contributed by atoms with Crippen LogP contribution in [0.5, 0.6) is 0 Å². The molecular formula is C15H16BrNO. The summed E-state index contributed by atoms with van der Waals surface area (Å²) in [6.45, 7) is 8.16. The summed E-state index contributed by atoms with van der Waals surface area (Å²) >= 11 is 3.62. The van der Waals surface area contributed by atoms with Crippen LogP contribution in [-0.2, 0) is 0 Å². The van der Waals surface area contributed by atoms with E-state index in [1.165, 1.54) is 11.1 Å². The van der Waals surface area contributed by atoms with Crippen LogP contribution in [0.2, 0.25) is 0 Å². The van der Waals surface area contributed by atoms with Crippen molar-refractivity contribution in [2.24, 2.45) is 0 Å². The Morgan fingerprint density at radius 1 is 1.11 bits per heavy atom. The van der Waals surface area contributed by atoms with E-state index in [0.717, 1.165) is 33.4 Å². The van der Waals surface area contributed by atoms with Gasteiger partial charge in [-0.15, -0.1) is 0 Å². The molecule has 0 atom stereocenters. The van der Waals surface area contributed by atoms with Crippen molar-refractivity contribution in [1.29, 1.82) is 0 Å². The molecule has 94 valence electrons. The first-order chi connectivity index (χ1) is 8.45. The smallest absolute Gasteiger partial charge is 0.151 e. The average Bonchev–Trinajstić information content (AvgIpc) is 2.55. The van der Waals surface area contributed by atoms with Gasteiger partial charge in [-0.1, -0.05) is 6.07 Å². The third-order valence-electron chi connectivity index (χ3n) is 3.22. The van der Waals surface area contributed by atoms with Gasteiger partial charge in [-0.3, -0.25) is 4.79 Å². The highest BCUT2D eigenvalue weighted by Crippen LogP contribution is 2.30. The van der Waals surface area contributed by atoms with E-state index in [-0.39, 0.29) is 0 Å². The van der Waals surface area contributed by atoms with Gasteiger partial charge >= 0.3 is 0 Å². The predicted octanol–water partition coefficient (Wildman–Crippen LogP) is 4.29. The highest BCUT2D eigenvalue weighted by molar-refractivity contribution is 9.10. The maximum atomic E-state index is 11.0. The van der Waals surface area contributed by atoms with E-state index in [4.69, 9.17) is 0 Å². The molecule has 0 spiro atoms. The molecule has 0 amide bonds. The fourth-order valence-electron chi connectivity index (χ4n) is 2.44. The molecule has 0 radical (unpaired) electrons. The van der Waals surface area contributed by atoms with Crippen molar-refractivity contribution in [3.8, 4) is 5.69 Å². The number of hydrogen-bond acceptors (Lipinski definition) is 1. The van der Waals surface area contributed by atoms with Crippen molar-refractivity contribution in [3.05, 3.63) is 50.8 Å². The van der Waals surface area contributed by atoms with Gasteiger partial charge in [0.05, 0.1) is 5.69 Å². The van der Waals surface area contributed by atoms with Crippen molar-refractivity contribution in [1.82, 2.24) is 4.57 Å². The van der Waals surface area contributed by atoms with Crippen LogP contribution in [-0.4, -0.2) is 10.9 Å². The molecule has 1 heterocycles. The quantitative estimate of drug-likeness (QED) is 0.759. The van der Waals surface area contributed by atoms with E-state index in [0.29, 0.717) is 0 Å². The Labute approximate surface area is 116 Å². The summed E-state index contributed by atoms with van der Waals surface area (Å²) in [5.74, 6) is 0. The number of aldehydes is 1. The van der Waals surface area contributed by atoms with Crippen LogP contribution in [0, 0.1) is 27.7 Å². The molecule has 0 aliphatic carbocycles. The lowest BCUT2D eigenvalue weighted by Gasteiger charge is -2.15. The van der Waals surface area contributed by atoms with Crippen molar-refractivity contribution >= 4 is 22.2 Å². The Kier molecular flexibility index (Phi) is 3.44. The molecule has 0 aliphatic heterocycles. The van der Waals surface area contributed by atoms with Gasteiger partial charge in [0, 0.05) is 21.4 Å². The Morgan fingerprint density at radius 2 is 1.78 bits per heavy atom. The number of nitrogens with zero attached hydrogens (tertiary/aromatic N) is 1. The van der Waals surface area contributed by atoms with E-state index in [1.54, 1.807) is 0 Å².